The number of aliphatic imine (C=N–C) groups is 1. The van der Waals surface area contributed by atoms with Crippen LogP contribution in [-0.2, 0) is 11.2 Å². The molecule has 0 aromatic carbocycles. The molecule has 0 amide bonds. The highest BCUT2D eigenvalue weighted by atomic mass is 32.1. The number of ether oxygens (including phenoxy) is 1. The van der Waals surface area contributed by atoms with E-state index >= 15 is 0 Å². The standard InChI is InChI=1S/C12H18N6OS/c13-10-1-2-15-12(14,17-10)7-9-8-20-11(16-9)18-3-5-19-6-4-18/h1-2,8,15H,3-7,14H2,(H2,13,17). The van der Waals surface area contributed by atoms with Crippen molar-refractivity contribution in [2.75, 3.05) is 31.2 Å². The number of rotatable bonds is 3. The molecule has 0 spiro atoms. The maximum atomic E-state index is 6.17. The monoisotopic (exact) mass is 294 g/mol. The van der Waals surface area contributed by atoms with E-state index in [0.717, 1.165) is 37.1 Å². The predicted octanol–water partition coefficient (Wildman–Crippen LogP) is -0.391. The molecule has 3 rings (SSSR count). The number of thiazole rings is 1. The van der Waals surface area contributed by atoms with Crippen molar-refractivity contribution in [1.82, 2.24) is 10.3 Å². The van der Waals surface area contributed by atoms with Crippen LogP contribution in [0.2, 0.25) is 0 Å². The molecule has 1 aromatic rings. The number of hydrogen-bond acceptors (Lipinski definition) is 8. The Hall–Kier alpha value is -1.64. The zero-order chi connectivity index (χ0) is 14.0. The van der Waals surface area contributed by atoms with Gasteiger partial charge in [0.25, 0.3) is 0 Å². The summed E-state index contributed by atoms with van der Waals surface area (Å²) in [6, 6.07) is 0. The number of morpholine rings is 1. The first kappa shape index (κ1) is 13.3. The summed E-state index contributed by atoms with van der Waals surface area (Å²) < 4.78 is 5.34. The normalized spacial score (nSPS) is 26.2. The number of nitrogens with zero attached hydrogens (tertiary/aromatic N) is 3. The lowest BCUT2D eigenvalue weighted by atomic mass is 10.2. The fraction of sp³-hybridized carbons (Fsp3) is 0.500. The van der Waals surface area contributed by atoms with E-state index in [1.807, 2.05) is 5.38 Å². The highest BCUT2D eigenvalue weighted by molar-refractivity contribution is 7.13. The van der Waals surface area contributed by atoms with Gasteiger partial charge in [-0.3, -0.25) is 5.73 Å². The molecule has 8 heteroatoms. The highest BCUT2D eigenvalue weighted by Gasteiger charge is 2.27. The third kappa shape index (κ3) is 2.92. The molecule has 0 bridgehead atoms. The second kappa shape index (κ2) is 5.39. The summed E-state index contributed by atoms with van der Waals surface area (Å²) >= 11 is 1.62. The van der Waals surface area contributed by atoms with Gasteiger partial charge in [0.2, 0.25) is 0 Å². The number of anilines is 1. The summed E-state index contributed by atoms with van der Waals surface area (Å²) in [5.74, 6) is -0.482. The number of nitrogens with one attached hydrogen (secondary N) is 1. The number of aromatic nitrogens is 1. The van der Waals surface area contributed by atoms with Gasteiger partial charge < -0.3 is 20.7 Å². The average Bonchev–Trinajstić information content (AvgIpc) is 2.87. The van der Waals surface area contributed by atoms with Gasteiger partial charge in [-0.1, -0.05) is 0 Å². The van der Waals surface area contributed by atoms with Crippen LogP contribution in [0.5, 0.6) is 0 Å². The predicted molar refractivity (Wildman–Crippen MR) is 79.7 cm³/mol. The lowest BCUT2D eigenvalue weighted by molar-refractivity contribution is 0.122. The van der Waals surface area contributed by atoms with Gasteiger partial charge >= 0.3 is 0 Å². The smallest absolute Gasteiger partial charge is 0.189 e. The molecular weight excluding hydrogens is 276 g/mol. The molecule has 0 aliphatic carbocycles. The van der Waals surface area contributed by atoms with Crippen molar-refractivity contribution < 1.29 is 4.74 Å². The van der Waals surface area contributed by atoms with E-state index in [1.165, 1.54) is 0 Å². The van der Waals surface area contributed by atoms with Crippen LogP contribution in [0, 0.1) is 0 Å². The van der Waals surface area contributed by atoms with Crippen molar-refractivity contribution in [3.05, 3.63) is 23.3 Å². The molecular formula is C12H18N6OS. The molecule has 2 aliphatic heterocycles. The lowest BCUT2D eigenvalue weighted by Gasteiger charge is -2.28. The molecule has 7 nitrogen and oxygen atoms in total. The van der Waals surface area contributed by atoms with Crippen LogP contribution in [0.4, 0.5) is 5.13 Å². The van der Waals surface area contributed by atoms with Crippen molar-refractivity contribution in [3.63, 3.8) is 0 Å². The summed E-state index contributed by atoms with van der Waals surface area (Å²) in [6.45, 7) is 3.27. The van der Waals surface area contributed by atoms with Gasteiger partial charge in [0.1, 0.15) is 5.84 Å². The molecule has 1 atom stereocenters. The molecule has 0 radical (unpaired) electrons. The number of nitrogens with two attached hydrogens (primary N) is 2. The molecule has 1 fully saturated rings. The molecule has 108 valence electrons. The molecule has 1 aromatic heterocycles. The second-order valence-corrected chi connectivity index (χ2v) is 5.67. The van der Waals surface area contributed by atoms with Crippen LogP contribution in [0.15, 0.2) is 22.6 Å². The third-order valence-corrected chi connectivity index (χ3v) is 4.14. The van der Waals surface area contributed by atoms with Crippen molar-refractivity contribution in [3.8, 4) is 0 Å². The SMILES string of the molecule is NC1=NC(N)(Cc2csc(N3CCOCC3)n2)NC=C1. The Bertz CT molecular complexity index is 536. The minimum atomic E-state index is -0.908. The van der Waals surface area contributed by atoms with E-state index in [0.29, 0.717) is 12.3 Å². The van der Waals surface area contributed by atoms with Crippen LogP contribution in [0.25, 0.3) is 0 Å². The fourth-order valence-corrected chi connectivity index (χ4v) is 3.09. The van der Waals surface area contributed by atoms with Crippen LogP contribution in [0.1, 0.15) is 5.69 Å². The second-order valence-electron chi connectivity index (χ2n) is 4.84. The Balaban J connectivity index is 1.69. The van der Waals surface area contributed by atoms with Gasteiger partial charge in [0.15, 0.2) is 10.9 Å². The quantitative estimate of drug-likeness (QED) is 0.702. The van der Waals surface area contributed by atoms with Gasteiger partial charge in [0.05, 0.1) is 18.9 Å². The van der Waals surface area contributed by atoms with Gasteiger partial charge in [0, 0.05) is 31.1 Å². The summed E-state index contributed by atoms with van der Waals surface area (Å²) in [7, 11) is 0. The van der Waals surface area contributed by atoms with E-state index in [-0.39, 0.29) is 0 Å². The summed E-state index contributed by atoms with van der Waals surface area (Å²) in [5.41, 5.74) is 12.8. The first-order valence-electron chi connectivity index (χ1n) is 6.50. The van der Waals surface area contributed by atoms with E-state index in [1.54, 1.807) is 23.6 Å². The Morgan fingerprint density at radius 1 is 1.45 bits per heavy atom. The molecule has 0 saturated carbocycles. The van der Waals surface area contributed by atoms with Crippen molar-refractivity contribution in [1.29, 1.82) is 0 Å². The largest absolute Gasteiger partial charge is 0.384 e. The molecule has 3 heterocycles. The van der Waals surface area contributed by atoms with Crippen LogP contribution >= 0.6 is 11.3 Å². The van der Waals surface area contributed by atoms with Gasteiger partial charge in [-0.2, -0.15) is 0 Å². The first-order valence-corrected chi connectivity index (χ1v) is 7.38. The Morgan fingerprint density at radius 3 is 3.00 bits per heavy atom. The summed E-state index contributed by atoms with van der Waals surface area (Å²) in [6.07, 6.45) is 3.90. The van der Waals surface area contributed by atoms with E-state index in [2.05, 4.69) is 20.2 Å². The topological polar surface area (TPSA) is 102 Å². The summed E-state index contributed by atoms with van der Waals surface area (Å²) in [5, 5.41) is 6.05. The lowest BCUT2D eigenvalue weighted by Crippen LogP contribution is -2.54. The molecule has 20 heavy (non-hydrogen) atoms. The van der Waals surface area contributed by atoms with E-state index in [9.17, 15) is 0 Å². The van der Waals surface area contributed by atoms with E-state index in [4.69, 9.17) is 16.2 Å². The molecule has 1 saturated heterocycles. The Labute approximate surface area is 121 Å². The minimum Gasteiger partial charge on any atom is -0.384 e. The van der Waals surface area contributed by atoms with Gasteiger partial charge in [-0.25, -0.2) is 9.98 Å². The van der Waals surface area contributed by atoms with Crippen LogP contribution < -0.4 is 21.7 Å². The van der Waals surface area contributed by atoms with Crippen molar-refractivity contribution in [2.45, 2.75) is 12.2 Å². The summed E-state index contributed by atoms with van der Waals surface area (Å²) in [4.78, 5) is 11.1. The molecule has 5 N–H and O–H groups in total. The zero-order valence-corrected chi connectivity index (χ0v) is 11.9. The fourth-order valence-electron chi connectivity index (χ4n) is 2.22. The van der Waals surface area contributed by atoms with E-state index < -0.39 is 5.79 Å². The van der Waals surface area contributed by atoms with Crippen LogP contribution in [0.3, 0.4) is 0 Å². The van der Waals surface area contributed by atoms with Crippen molar-refractivity contribution in [2.24, 2.45) is 16.5 Å². The van der Waals surface area contributed by atoms with Crippen molar-refractivity contribution >= 4 is 22.3 Å². The number of amidine groups is 1. The zero-order valence-electron chi connectivity index (χ0n) is 11.1. The Morgan fingerprint density at radius 2 is 2.25 bits per heavy atom. The van der Waals surface area contributed by atoms with Crippen LogP contribution in [-0.4, -0.2) is 42.9 Å². The van der Waals surface area contributed by atoms with Gasteiger partial charge in [-0.15, -0.1) is 11.3 Å². The Kier molecular flexibility index (Phi) is 3.60. The van der Waals surface area contributed by atoms with Gasteiger partial charge in [-0.05, 0) is 6.08 Å². The maximum Gasteiger partial charge on any atom is 0.189 e. The highest BCUT2D eigenvalue weighted by Crippen LogP contribution is 2.23. The third-order valence-electron chi connectivity index (χ3n) is 3.19. The molecule has 1 unspecified atom stereocenters. The maximum absolute atomic E-state index is 6.17. The minimum absolute atomic E-state index is 0.426. The average molecular weight is 294 g/mol. The number of hydrogen-bond donors (Lipinski definition) is 3. The first-order chi connectivity index (χ1) is 9.65. The molecule has 2 aliphatic rings.